The number of fused-ring (bicyclic) bond motifs is 1. The van der Waals surface area contributed by atoms with E-state index in [0.29, 0.717) is 16.8 Å². The predicted octanol–water partition coefficient (Wildman–Crippen LogP) is 5.30. The van der Waals surface area contributed by atoms with Crippen molar-refractivity contribution in [3.63, 3.8) is 0 Å². The molecule has 0 fully saturated rings. The van der Waals surface area contributed by atoms with Crippen molar-refractivity contribution in [3.05, 3.63) is 87.9 Å². The lowest BCUT2D eigenvalue weighted by Crippen LogP contribution is -2.49. The van der Waals surface area contributed by atoms with Crippen LogP contribution in [-0.2, 0) is 16.4 Å². The number of hydrogen-bond acceptors (Lipinski definition) is 4. The second-order valence-electron chi connectivity index (χ2n) is 7.97. The Morgan fingerprint density at radius 3 is 2.56 bits per heavy atom. The summed E-state index contributed by atoms with van der Waals surface area (Å²) in [5, 5.41) is 10.8. The molecule has 178 valence electrons. The number of aliphatic hydroxyl groups excluding tert-OH is 1. The molecular formula is C25H22ClF2NO4S. The lowest BCUT2D eigenvalue weighted by molar-refractivity contribution is 0.147. The van der Waals surface area contributed by atoms with Gasteiger partial charge in [0.15, 0.2) is 11.6 Å². The Bertz CT molecular complexity index is 1360. The van der Waals surface area contributed by atoms with Crippen molar-refractivity contribution in [2.24, 2.45) is 0 Å². The molecule has 3 aromatic rings. The highest BCUT2D eigenvalue weighted by Gasteiger charge is 2.38. The zero-order valence-electron chi connectivity index (χ0n) is 18.4. The first-order chi connectivity index (χ1) is 16.1. The van der Waals surface area contributed by atoms with Crippen LogP contribution in [0.15, 0.2) is 59.5 Å². The van der Waals surface area contributed by atoms with Crippen molar-refractivity contribution in [2.75, 3.05) is 11.4 Å². The van der Waals surface area contributed by atoms with Gasteiger partial charge in [-0.2, -0.15) is 0 Å². The van der Waals surface area contributed by atoms with E-state index in [1.807, 2.05) is 0 Å². The maximum Gasteiger partial charge on any atom is 0.264 e. The van der Waals surface area contributed by atoms with Crippen molar-refractivity contribution < 1.29 is 27.0 Å². The summed E-state index contributed by atoms with van der Waals surface area (Å²) in [6.07, 6.45) is 2.47. The van der Waals surface area contributed by atoms with Gasteiger partial charge in [-0.3, -0.25) is 4.31 Å². The highest BCUT2D eigenvalue weighted by atomic mass is 35.5. The van der Waals surface area contributed by atoms with Crippen LogP contribution in [0.4, 0.5) is 14.5 Å². The summed E-state index contributed by atoms with van der Waals surface area (Å²) in [5.74, 6) is -1.37. The molecular weight excluding hydrogens is 484 g/mol. The van der Waals surface area contributed by atoms with E-state index < -0.39 is 33.8 Å². The smallest absolute Gasteiger partial charge is 0.264 e. The molecule has 0 unspecified atom stereocenters. The average Bonchev–Trinajstić information content (AvgIpc) is 2.79. The molecule has 0 amide bonds. The van der Waals surface area contributed by atoms with E-state index in [1.54, 1.807) is 37.3 Å². The largest absolute Gasteiger partial charge is 0.494 e. The van der Waals surface area contributed by atoms with Crippen LogP contribution in [-0.4, -0.2) is 32.8 Å². The summed E-state index contributed by atoms with van der Waals surface area (Å²) in [6, 6.07) is 12.0. The Morgan fingerprint density at radius 2 is 1.85 bits per heavy atom. The Labute approximate surface area is 201 Å². The summed E-state index contributed by atoms with van der Waals surface area (Å²) in [5.41, 5.74) is 1.83. The van der Waals surface area contributed by atoms with Crippen LogP contribution in [0.1, 0.15) is 23.6 Å². The zero-order chi connectivity index (χ0) is 24.6. The number of nitrogens with zero attached hydrogens (tertiary/aromatic N) is 1. The average molecular weight is 506 g/mol. The molecule has 0 aromatic heterocycles. The van der Waals surface area contributed by atoms with E-state index in [9.17, 15) is 22.3 Å². The molecule has 5 nitrogen and oxygen atoms in total. The number of halogens is 3. The first-order valence-electron chi connectivity index (χ1n) is 10.4. The number of aliphatic hydroxyl groups is 1. The number of hydrogen-bond donors (Lipinski definition) is 1. The topological polar surface area (TPSA) is 66.8 Å². The van der Waals surface area contributed by atoms with E-state index in [4.69, 9.17) is 16.3 Å². The van der Waals surface area contributed by atoms with Gasteiger partial charge in [0.2, 0.25) is 0 Å². The van der Waals surface area contributed by atoms with Crippen molar-refractivity contribution in [3.8, 4) is 5.75 Å². The maximum atomic E-state index is 14.1. The van der Waals surface area contributed by atoms with Crippen LogP contribution in [0.25, 0.3) is 12.2 Å². The van der Waals surface area contributed by atoms with Gasteiger partial charge in [0.1, 0.15) is 5.82 Å². The predicted molar refractivity (Wildman–Crippen MR) is 129 cm³/mol. The van der Waals surface area contributed by atoms with E-state index in [1.165, 1.54) is 25.3 Å². The molecule has 0 saturated heterocycles. The minimum atomic E-state index is -4.18. The maximum absolute atomic E-state index is 14.1. The highest BCUT2D eigenvalue weighted by Crippen LogP contribution is 2.37. The van der Waals surface area contributed by atoms with Crippen molar-refractivity contribution in [1.82, 2.24) is 0 Å². The molecule has 34 heavy (non-hydrogen) atoms. The summed E-state index contributed by atoms with van der Waals surface area (Å²) < 4.78 is 61.3. The minimum absolute atomic E-state index is 0.170. The number of rotatable bonds is 5. The van der Waals surface area contributed by atoms with Crippen LogP contribution < -0.4 is 9.04 Å². The normalized spacial score (nSPS) is 18.2. The second-order valence-corrected chi connectivity index (χ2v) is 10.2. The van der Waals surface area contributed by atoms with E-state index in [-0.39, 0.29) is 27.7 Å². The molecule has 0 spiro atoms. The number of ether oxygens (including phenoxy) is 1. The molecule has 1 aliphatic heterocycles. The third-order valence-electron chi connectivity index (χ3n) is 5.82. The van der Waals surface area contributed by atoms with Gasteiger partial charge in [-0.15, -0.1) is 0 Å². The van der Waals surface area contributed by atoms with Gasteiger partial charge in [0.05, 0.1) is 34.9 Å². The van der Waals surface area contributed by atoms with Gasteiger partial charge < -0.3 is 9.84 Å². The summed E-state index contributed by atoms with van der Waals surface area (Å²) in [4.78, 5) is -0.170. The number of methoxy groups -OCH3 is 1. The zero-order valence-corrected chi connectivity index (χ0v) is 19.9. The third kappa shape index (κ3) is 4.41. The van der Waals surface area contributed by atoms with Crippen LogP contribution in [0, 0.1) is 11.6 Å². The molecule has 1 N–H and O–H groups in total. The van der Waals surface area contributed by atoms with Gasteiger partial charge in [0, 0.05) is 18.1 Å². The highest BCUT2D eigenvalue weighted by molar-refractivity contribution is 7.92. The monoisotopic (exact) mass is 505 g/mol. The summed E-state index contributed by atoms with van der Waals surface area (Å²) >= 11 is 6.09. The van der Waals surface area contributed by atoms with Gasteiger partial charge >= 0.3 is 0 Å². The molecule has 0 saturated carbocycles. The molecule has 9 heteroatoms. The van der Waals surface area contributed by atoms with Crippen LogP contribution in [0.3, 0.4) is 0 Å². The minimum Gasteiger partial charge on any atom is -0.494 e. The summed E-state index contributed by atoms with van der Waals surface area (Å²) in [7, 11) is -2.93. The number of sulfonamides is 1. The van der Waals surface area contributed by atoms with E-state index in [0.717, 1.165) is 22.5 Å². The number of benzene rings is 3. The quantitative estimate of drug-likeness (QED) is 0.478. The van der Waals surface area contributed by atoms with Crippen molar-refractivity contribution >= 4 is 39.5 Å². The lowest BCUT2D eigenvalue weighted by Gasteiger charge is -2.39. The molecule has 0 bridgehead atoms. The third-order valence-corrected chi connectivity index (χ3v) is 8.05. The van der Waals surface area contributed by atoms with Gasteiger partial charge in [-0.1, -0.05) is 35.9 Å². The van der Waals surface area contributed by atoms with Crippen LogP contribution in [0.2, 0.25) is 5.02 Å². The standard InChI is InChI=1S/C25H22ClF2NO4S/c1-15-24(30)13-17-8-6-16(7-10-19-20(26)4-3-5-21(19)27)12-23(17)29(15)34(31,32)18-9-11-22(28)25(14-18)33-2/h3-12,14-15,24,30H,13H2,1-2H3/t15-,24-/m1/s1. The fourth-order valence-electron chi connectivity index (χ4n) is 3.95. The molecule has 0 aliphatic carbocycles. The van der Waals surface area contributed by atoms with Crippen molar-refractivity contribution in [1.29, 1.82) is 0 Å². The number of anilines is 1. The van der Waals surface area contributed by atoms with Gasteiger partial charge in [0.25, 0.3) is 10.0 Å². The summed E-state index contributed by atoms with van der Waals surface area (Å²) in [6.45, 7) is 1.60. The van der Waals surface area contributed by atoms with E-state index in [2.05, 4.69) is 0 Å². The molecule has 1 heterocycles. The second kappa shape index (κ2) is 9.37. The Kier molecular flexibility index (Phi) is 6.66. The Hall–Kier alpha value is -2.94. The Morgan fingerprint density at radius 1 is 1.09 bits per heavy atom. The van der Waals surface area contributed by atoms with Crippen LogP contribution in [0.5, 0.6) is 5.75 Å². The first kappa shape index (κ1) is 24.2. The molecule has 3 aromatic carbocycles. The van der Waals surface area contributed by atoms with Gasteiger partial charge in [-0.25, -0.2) is 17.2 Å². The first-order valence-corrected chi connectivity index (χ1v) is 12.3. The lowest BCUT2D eigenvalue weighted by atomic mass is 9.95. The SMILES string of the molecule is COc1cc(S(=O)(=O)N2c3cc(C=Cc4c(F)cccc4Cl)ccc3C[C@@H](O)[C@H]2C)ccc1F. The molecule has 1 aliphatic rings. The Balaban J connectivity index is 1.80. The van der Waals surface area contributed by atoms with E-state index >= 15 is 0 Å². The fraction of sp³-hybridized carbons (Fsp3) is 0.200. The van der Waals surface area contributed by atoms with Gasteiger partial charge in [-0.05, 0) is 54.5 Å². The molecule has 0 radical (unpaired) electrons. The van der Waals surface area contributed by atoms with Crippen molar-refractivity contribution in [2.45, 2.75) is 30.4 Å². The molecule has 4 rings (SSSR count). The fourth-order valence-corrected chi connectivity index (χ4v) is 5.90. The molecule has 2 atom stereocenters. The van der Waals surface area contributed by atoms with Crippen LogP contribution >= 0.6 is 11.6 Å².